The molecule has 0 bridgehead atoms. The topological polar surface area (TPSA) is 86.6 Å². The molecule has 1 aromatic heterocycles. The molecule has 0 fully saturated rings. The molecular weight excluding hydrogens is 242 g/mol. The van der Waals surface area contributed by atoms with Gasteiger partial charge in [0.15, 0.2) is 0 Å². The predicted molar refractivity (Wildman–Crippen MR) is 64.1 cm³/mol. The Labute approximate surface area is 104 Å². The third kappa shape index (κ3) is 3.45. The van der Waals surface area contributed by atoms with Gasteiger partial charge in [-0.05, 0) is 17.5 Å². The van der Waals surface area contributed by atoms with E-state index in [-0.39, 0.29) is 38.1 Å². The Bertz CT molecular complexity index is 361. The molecule has 0 atom stereocenters. The van der Waals surface area contributed by atoms with Gasteiger partial charge in [0.05, 0.1) is 18.9 Å². The summed E-state index contributed by atoms with van der Waals surface area (Å²) in [6.45, 7) is 4.03. The van der Waals surface area contributed by atoms with Crippen molar-refractivity contribution in [1.29, 1.82) is 0 Å². The Morgan fingerprint density at radius 2 is 1.94 bits per heavy atom. The fourth-order valence-corrected chi connectivity index (χ4v) is 2.21. The Kier molecular flexibility index (Phi) is 5.46. The Hall–Kier alpha value is -1.05. The van der Waals surface area contributed by atoms with E-state index in [0.717, 1.165) is 11.5 Å². The average molecular weight is 259 g/mol. The zero-order valence-corrected chi connectivity index (χ0v) is 10.8. The molecule has 6 nitrogen and oxygen atoms in total. The van der Waals surface area contributed by atoms with Crippen LogP contribution in [-0.2, 0) is 0 Å². The Morgan fingerprint density at radius 3 is 2.41 bits per heavy atom. The standard InChI is InChI=1S/C10H17N3O3S/c1-7(2)8-9(17-12-11-8)10(16)13(3-5-14)4-6-15/h7,14-15H,3-6H2,1-2H3. The highest BCUT2D eigenvalue weighted by atomic mass is 32.1. The Morgan fingerprint density at radius 1 is 1.35 bits per heavy atom. The van der Waals surface area contributed by atoms with Gasteiger partial charge in [-0.3, -0.25) is 4.79 Å². The van der Waals surface area contributed by atoms with E-state index in [2.05, 4.69) is 9.59 Å². The summed E-state index contributed by atoms with van der Waals surface area (Å²) in [5.74, 6) is -0.107. The molecule has 0 saturated heterocycles. The molecule has 1 rings (SSSR count). The summed E-state index contributed by atoms with van der Waals surface area (Å²) in [4.78, 5) is 14.0. The number of hydrogen-bond acceptors (Lipinski definition) is 6. The van der Waals surface area contributed by atoms with Crippen LogP contribution in [0, 0.1) is 0 Å². The molecule has 1 heterocycles. The molecule has 1 aromatic rings. The van der Waals surface area contributed by atoms with Crippen molar-refractivity contribution in [3.8, 4) is 0 Å². The maximum Gasteiger partial charge on any atom is 0.267 e. The molecule has 0 aliphatic carbocycles. The first-order chi connectivity index (χ1) is 8.11. The summed E-state index contributed by atoms with van der Waals surface area (Å²) < 4.78 is 3.79. The van der Waals surface area contributed by atoms with Crippen LogP contribution in [0.2, 0.25) is 0 Å². The van der Waals surface area contributed by atoms with E-state index in [1.165, 1.54) is 4.90 Å². The van der Waals surface area contributed by atoms with Crippen molar-refractivity contribution in [2.75, 3.05) is 26.3 Å². The summed E-state index contributed by atoms with van der Waals surface area (Å²) in [7, 11) is 0. The molecule has 96 valence electrons. The van der Waals surface area contributed by atoms with Crippen molar-refractivity contribution in [2.24, 2.45) is 0 Å². The quantitative estimate of drug-likeness (QED) is 0.756. The number of aromatic nitrogens is 2. The third-order valence-corrected chi connectivity index (χ3v) is 3.01. The zero-order valence-electron chi connectivity index (χ0n) is 9.96. The summed E-state index contributed by atoms with van der Waals surface area (Å²) in [6, 6.07) is 0. The van der Waals surface area contributed by atoms with Crippen LogP contribution in [0.15, 0.2) is 0 Å². The summed E-state index contributed by atoms with van der Waals surface area (Å²) in [5.41, 5.74) is 0.667. The van der Waals surface area contributed by atoms with Crippen LogP contribution in [-0.4, -0.2) is 56.9 Å². The molecule has 0 aliphatic rings. The highest BCUT2D eigenvalue weighted by Crippen LogP contribution is 2.21. The molecular formula is C10H17N3O3S. The van der Waals surface area contributed by atoms with Gasteiger partial charge in [-0.15, -0.1) is 5.10 Å². The van der Waals surface area contributed by atoms with Gasteiger partial charge in [0.2, 0.25) is 0 Å². The number of hydrogen-bond donors (Lipinski definition) is 2. The minimum absolute atomic E-state index is 0.123. The highest BCUT2D eigenvalue weighted by molar-refractivity contribution is 7.08. The number of carbonyl (C=O) groups is 1. The van der Waals surface area contributed by atoms with Crippen LogP contribution >= 0.6 is 11.5 Å². The summed E-state index contributed by atoms with van der Waals surface area (Å²) >= 11 is 1.05. The number of aliphatic hydroxyl groups excluding tert-OH is 2. The number of carbonyl (C=O) groups excluding carboxylic acids is 1. The monoisotopic (exact) mass is 259 g/mol. The van der Waals surface area contributed by atoms with Gasteiger partial charge in [0.25, 0.3) is 5.91 Å². The fourth-order valence-electron chi connectivity index (χ4n) is 1.42. The molecule has 0 spiro atoms. The average Bonchev–Trinajstić information content (AvgIpc) is 2.76. The van der Waals surface area contributed by atoms with Crippen LogP contribution in [0.1, 0.15) is 35.1 Å². The van der Waals surface area contributed by atoms with Gasteiger partial charge in [-0.25, -0.2) is 0 Å². The van der Waals surface area contributed by atoms with E-state index in [0.29, 0.717) is 10.6 Å². The van der Waals surface area contributed by atoms with Crippen LogP contribution in [0.5, 0.6) is 0 Å². The molecule has 17 heavy (non-hydrogen) atoms. The van der Waals surface area contributed by atoms with Gasteiger partial charge in [0.1, 0.15) is 4.88 Å². The predicted octanol–water partition coefficient (Wildman–Crippen LogP) is 0.0883. The van der Waals surface area contributed by atoms with Crippen LogP contribution < -0.4 is 0 Å². The number of rotatable bonds is 6. The zero-order chi connectivity index (χ0) is 12.8. The minimum Gasteiger partial charge on any atom is -0.395 e. The molecule has 0 aliphatic heterocycles. The van der Waals surface area contributed by atoms with Gasteiger partial charge in [0, 0.05) is 13.1 Å². The second-order valence-electron chi connectivity index (χ2n) is 3.88. The maximum absolute atomic E-state index is 12.1. The molecule has 7 heteroatoms. The molecule has 0 unspecified atom stereocenters. The SMILES string of the molecule is CC(C)c1nnsc1C(=O)N(CCO)CCO. The lowest BCUT2D eigenvalue weighted by atomic mass is 10.1. The number of amides is 1. The maximum atomic E-state index is 12.1. The lowest BCUT2D eigenvalue weighted by Crippen LogP contribution is -2.36. The Balaban J connectivity index is 2.88. The van der Waals surface area contributed by atoms with Gasteiger partial charge in [-0.2, -0.15) is 0 Å². The third-order valence-electron chi connectivity index (χ3n) is 2.28. The number of aliphatic hydroxyl groups is 2. The van der Waals surface area contributed by atoms with E-state index >= 15 is 0 Å². The second kappa shape index (κ2) is 6.63. The normalized spacial score (nSPS) is 10.9. The van der Waals surface area contributed by atoms with Crippen LogP contribution in [0.3, 0.4) is 0 Å². The van der Waals surface area contributed by atoms with Crippen molar-refractivity contribution < 1.29 is 15.0 Å². The lowest BCUT2D eigenvalue weighted by Gasteiger charge is -2.20. The first kappa shape index (κ1) is 14.0. The fraction of sp³-hybridized carbons (Fsp3) is 0.700. The van der Waals surface area contributed by atoms with E-state index in [1.54, 1.807) is 0 Å². The van der Waals surface area contributed by atoms with Crippen molar-refractivity contribution in [1.82, 2.24) is 14.5 Å². The number of nitrogens with zero attached hydrogens (tertiary/aromatic N) is 3. The molecule has 0 saturated carbocycles. The lowest BCUT2D eigenvalue weighted by molar-refractivity contribution is 0.0688. The second-order valence-corrected chi connectivity index (χ2v) is 4.64. The van der Waals surface area contributed by atoms with E-state index in [1.807, 2.05) is 13.8 Å². The summed E-state index contributed by atoms with van der Waals surface area (Å²) in [6.07, 6.45) is 0. The molecule has 2 N–H and O–H groups in total. The molecule has 0 radical (unpaired) electrons. The molecule has 0 aromatic carbocycles. The van der Waals surface area contributed by atoms with Crippen molar-refractivity contribution >= 4 is 17.4 Å². The summed E-state index contributed by atoms with van der Waals surface area (Å²) in [5, 5.41) is 21.7. The largest absolute Gasteiger partial charge is 0.395 e. The first-order valence-corrected chi connectivity index (χ1v) is 6.22. The van der Waals surface area contributed by atoms with Gasteiger partial charge in [-0.1, -0.05) is 18.3 Å². The van der Waals surface area contributed by atoms with Gasteiger partial charge < -0.3 is 15.1 Å². The van der Waals surface area contributed by atoms with E-state index in [9.17, 15) is 4.79 Å². The van der Waals surface area contributed by atoms with Crippen molar-refractivity contribution in [3.05, 3.63) is 10.6 Å². The minimum atomic E-state index is -0.230. The van der Waals surface area contributed by atoms with Crippen LogP contribution in [0.4, 0.5) is 0 Å². The molecule has 1 amide bonds. The highest BCUT2D eigenvalue weighted by Gasteiger charge is 2.23. The van der Waals surface area contributed by atoms with E-state index in [4.69, 9.17) is 10.2 Å². The van der Waals surface area contributed by atoms with Crippen molar-refractivity contribution in [2.45, 2.75) is 19.8 Å². The smallest absolute Gasteiger partial charge is 0.267 e. The van der Waals surface area contributed by atoms with Gasteiger partial charge >= 0.3 is 0 Å². The van der Waals surface area contributed by atoms with E-state index < -0.39 is 0 Å². The van der Waals surface area contributed by atoms with Crippen molar-refractivity contribution in [3.63, 3.8) is 0 Å². The first-order valence-electron chi connectivity index (χ1n) is 5.45. The van der Waals surface area contributed by atoms with Crippen LogP contribution in [0.25, 0.3) is 0 Å².